The summed E-state index contributed by atoms with van der Waals surface area (Å²) in [5, 5.41) is 1.96. The molecule has 268 valence electrons. The Balaban J connectivity index is 0.809. The van der Waals surface area contributed by atoms with Crippen molar-refractivity contribution in [2.24, 2.45) is 9.98 Å². The Morgan fingerprint density at radius 2 is 0.927 bits per heavy atom. The number of rotatable bonds is 6. The molecule has 0 atom stereocenters. The summed E-state index contributed by atoms with van der Waals surface area (Å²) < 4.78 is 0. The van der Waals surface area contributed by atoms with E-state index in [9.17, 15) is 0 Å². The molecule has 6 aromatic carbocycles. The third-order valence-electron chi connectivity index (χ3n) is 10.0. The van der Waals surface area contributed by atoms with E-state index < -0.39 is 0 Å². The monoisotopic (exact) mass is 796 g/mol. The van der Waals surface area contributed by atoms with Gasteiger partial charge in [0.15, 0.2) is 0 Å². The van der Waals surface area contributed by atoms with Crippen LogP contribution in [0.25, 0.3) is 44.8 Å². The van der Waals surface area contributed by atoms with Crippen LogP contribution in [0, 0.1) is 0 Å². The van der Waals surface area contributed by atoms with Gasteiger partial charge in [0.1, 0.15) is 11.6 Å². The highest BCUT2D eigenvalue weighted by Gasteiger charge is 2.29. The van der Waals surface area contributed by atoms with Gasteiger partial charge in [0.2, 0.25) is 0 Å². The summed E-state index contributed by atoms with van der Waals surface area (Å²) in [4.78, 5) is 30.4. The lowest BCUT2D eigenvalue weighted by atomic mass is 9.99. The summed E-state index contributed by atoms with van der Waals surface area (Å²) in [5.41, 5.74) is 14.0. The third-order valence-corrected chi connectivity index (χ3v) is 11.5. The number of aromatic nitrogens is 4. The maximum absolute atomic E-state index is 6.18. The van der Waals surface area contributed by atoms with Gasteiger partial charge in [0, 0.05) is 48.0 Å². The van der Waals surface area contributed by atoms with Gasteiger partial charge in [-0.3, -0.25) is 9.98 Å². The Bertz CT molecular complexity index is 2590. The Morgan fingerprint density at radius 3 is 1.36 bits per heavy atom. The summed E-state index contributed by atoms with van der Waals surface area (Å²) in [7, 11) is 0. The summed E-state index contributed by atoms with van der Waals surface area (Å²) in [5.74, 6) is 1.50. The second-order valence-electron chi connectivity index (χ2n) is 13.7. The van der Waals surface area contributed by atoms with Crippen LogP contribution in [0.15, 0.2) is 119 Å². The molecular formula is C43H28Cl4N8. The van der Waals surface area contributed by atoms with Crippen LogP contribution in [-0.2, 0) is 13.1 Å². The number of nitrogens with zero attached hydrogens (tertiary/aromatic N) is 6. The minimum absolute atomic E-state index is 0.484. The van der Waals surface area contributed by atoms with E-state index in [0.717, 1.165) is 87.1 Å². The molecule has 10 rings (SSSR count). The highest BCUT2D eigenvalue weighted by atomic mass is 35.5. The first kappa shape index (κ1) is 33.9. The summed E-state index contributed by atoms with van der Waals surface area (Å²) in [6, 6.07) is 36.3. The molecule has 0 unspecified atom stereocenters. The highest BCUT2D eigenvalue weighted by molar-refractivity contribution is 6.43. The molecule has 0 radical (unpaired) electrons. The molecule has 0 aliphatic carbocycles. The number of imidazole rings is 2. The number of H-pyrrole nitrogens is 2. The largest absolute Gasteiger partial charge is 0.349 e. The van der Waals surface area contributed by atoms with Crippen molar-refractivity contribution in [3.63, 3.8) is 0 Å². The Labute approximate surface area is 335 Å². The molecule has 55 heavy (non-hydrogen) atoms. The van der Waals surface area contributed by atoms with Gasteiger partial charge in [-0.05, 0) is 119 Å². The standard InChI is InChI=1S/C43H28Cl4N8/c44-32-15-36-37(16-33(32)45)51-42(50-36)26-3-7-30(8-4-26)48-19-24-1-11-40-28(13-24)21-55-23-54(40)22-29-14-25(2-12-41(29)55)20-49-31-9-5-27(6-10-31)43-52-38-17-34(46)35(47)18-39(38)53-43/h1-20H,21-23H2,(H,50,51)(H,52,53)/b48-19+,49-20+. The quantitative estimate of drug-likeness (QED) is 0.164. The smallest absolute Gasteiger partial charge is 0.138 e. The fourth-order valence-electron chi connectivity index (χ4n) is 7.27. The third kappa shape index (κ3) is 6.51. The van der Waals surface area contributed by atoms with E-state index in [2.05, 4.69) is 66.1 Å². The molecule has 4 heterocycles. The minimum Gasteiger partial charge on any atom is -0.349 e. The van der Waals surface area contributed by atoms with Crippen LogP contribution in [0.3, 0.4) is 0 Å². The molecule has 2 aromatic heterocycles. The number of nitrogens with one attached hydrogen (secondary N) is 2. The molecule has 8 nitrogen and oxygen atoms in total. The summed E-state index contributed by atoms with van der Waals surface area (Å²) in [6.45, 7) is 2.51. The van der Waals surface area contributed by atoms with Gasteiger partial charge in [-0.15, -0.1) is 0 Å². The molecule has 0 saturated carbocycles. The van der Waals surface area contributed by atoms with Gasteiger partial charge in [0.05, 0.1) is 60.2 Å². The highest BCUT2D eigenvalue weighted by Crippen LogP contribution is 2.39. The zero-order valence-corrected chi connectivity index (χ0v) is 31.9. The van der Waals surface area contributed by atoms with E-state index in [1.165, 1.54) is 22.5 Å². The van der Waals surface area contributed by atoms with Crippen LogP contribution in [0.5, 0.6) is 0 Å². The SMILES string of the molecule is Clc1cc2nc(-c3ccc(/N=C/c4ccc5c(c4)CN4CN5Cc5cc(/C=N/c6ccc(-c7nc8cc(Cl)c(Cl)cc8[nH]7)cc6)ccc54)cc3)[nH]c2cc1Cl. The molecule has 0 saturated heterocycles. The number of hydrogen-bond donors (Lipinski definition) is 2. The van der Waals surface area contributed by atoms with Crippen molar-refractivity contribution in [3.05, 3.63) is 152 Å². The maximum Gasteiger partial charge on any atom is 0.138 e. The van der Waals surface area contributed by atoms with E-state index in [0.29, 0.717) is 20.1 Å². The fraction of sp³-hybridized carbons (Fsp3) is 0.0698. The second kappa shape index (κ2) is 13.6. The van der Waals surface area contributed by atoms with Crippen molar-refractivity contribution in [3.8, 4) is 22.8 Å². The van der Waals surface area contributed by atoms with Gasteiger partial charge in [0.25, 0.3) is 0 Å². The van der Waals surface area contributed by atoms with Crippen molar-refractivity contribution in [1.29, 1.82) is 0 Å². The van der Waals surface area contributed by atoms with E-state index in [4.69, 9.17) is 56.4 Å². The van der Waals surface area contributed by atoms with Crippen molar-refractivity contribution in [1.82, 2.24) is 19.9 Å². The minimum atomic E-state index is 0.484. The van der Waals surface area contributed by atoms with Crippen LogP contribution >= 0.6 is 46.4 Å². The topological polar surface area (TPSA) is 88.6 Å². The normalized spacial score (nSPS) is 13.7. The van der Waals surface area contributed by atoms with Crippen LogP contribution in [0.4, 0.5) is 22.7 Å². The number of anilines is 2. The fourth-order valence-corrected chi connectivity index (χ4v) is 7.92. The number of halogens is 4. The molecule has 2 bridgehead atoms. The summed E-state index contributed by atoms with van der Waals surface area (Å²) in [6.07, 6.45) is 3.85. The van der Waals surface area contributed by atoms with Gasteiger partial charge in [-0.25, -0.2) is 9.97 Å². The summed E-state index contributed by atoms with van der Waals surface area (Å²) >= 11 is 24.7. The molecular weight excluding hydrogens is 770 g/mol. The van der Waals surface area contributed by atoms with Gasteiger partial charge < -0.3 is 19.8 Å². The lowest BCUT2D eigenvalue weighted by molar-refractivity contribution is 0.651. The Hall–Kier alpha value is -5.64. The molecule has 0 amide bonds. The van der Waals surface area contributed by atoms with Crippen LogP contribution in [-0.4, -0.2) is 39.0 Å². The number of fused-ring (bicyclic) bond motifs is 8. The molecule has 2 N–H and O–H groups in total. The van der Waals surface area contributed by atoms with Crippen molar-refractivity contribution < 1.29 is 0 Å². The van der Waals surface area contributed by atoms with Gasteiger partial charge >= 0.3 is 0 Å². The van der Waals surface area contributed by atoms with Crippen LogP contribution in [0.2, 0.25) is 20.1 Å². The number of aliphatic imine (C=N–C) groups is 2. The van der Waals surface area contributed by atoms with Crippen LogP contribution in [0.1, 0.15) is 22.3 Å². The van der Waals surface area contributed by atoms with E-state index in [1.54, 1.807) is 24.3 Å². The van der Waals surface area contributed by atoms with E-state index in [-0.39, 0.29) is 0 Å². The number of benzene rings is 6. The Kier molecular flexibility index (Phi) is 8.37. The first-order valence-corrected chi connectivity index (χ1v) is 19.1. The molecule has 2 aliphatic rings. The first-order chi connectivity index (χ1) is 26.8. The average Bonchev–Trinajstić information content (AvgIpc) is 3.80. The predicted molar refractivity (Wildman–Crippen MR) is 228 cm³/mol. The zero-order chi connectivity index (χ0) is 37.2. The lowest BCUT2D eigenvalue weighted by Crippen LogP contribution is -2.46. The van der Waals surface area contributed by atoms with E-state index >= 15 is 0 Å². The number of aromatic amines is 2. The van der Waals surface area contributed by atoms with E-state index in [1.807, 2.05) is 61.0 Å². The molecule has 8 aromatic rings. The average molecular weight is 799 g/mol. The molecule has 0 spiro atoms. The lowest BCUT2D eigenvalue weighted by Gasteiger charge is -2.45. The maximum atomic E-state index is 6.18. The molecule has 2 aliphatic heterocycles. The first-order valence-electron chi connectivity index (χ1n) is 17.5. The van der Waals surface area contributed by atoms with Crippen molar-refractivity contribution >= 4 is 104 Å². The zero-order valence-electron chi connectivity index (χ0n) is 28.9. The van der Waals surface area contributed by atoms with Crippen LogP contribution < -0.4 is 9.80 Å². The van der Waals surface area contributed by atoms with Gasteiger partial charge in [-0.2, -0.15) is 0 Å². The molecule has 0 fully saturated rings. The Morgan fingerprint density at radius 1 is 0.509 bits per heavy atom. The second-order valence-corrected chi connectivity index (χ2v) is 15.3. The van der Waals surface area contributed by atoms with Gasteiger partial charge in [-0.1, -0.05) is 58.5 Å². The van der Waals surface area contributed by atoms with Crippen molar-refractivity contribution in [2.45, 2.75) is 13.1 Å². The number of hydrogen-bond acceptors (Lipinski definition) is 6. The predicted octanol–water partition coefficient (Wildman–Crippen LogP) is 12.2. The van der Waals surface area contributed by atoms with Crippen molar-refractivity contribution in [2.75, 3.05) is 16.5 Å². The molecule has 12 heteroatoms.